The summed E-state index contributed by atoms with van der Waals surface area (Å²) in [5, 5.41) is 0. The van der Waals surface area contributed by atoms with Crippen molar-refractivity contribution >= 4 is 74.3 Å². The lowest BCUT2D eigenvalue weighted by Gasteiger charge is -2.48. The first-order valence-corrected chi connectivity index (χ1v) is 37.0. The van der Waals surface area contributed by atoms with Gasteiger partial charge in [0, 0.05) is 50.9 Å². The molecule has 0 atom stereocenters. The van der Waals surface area contributed by atoms with Gasteiger partial charge in [-0.15, -0.1) is 0 Å². The normalized spacial score (nSPS) is 20.8. The zero-order valence-electron chi connectivity index (χ0n) is 63.9. The monoisotopic (exact) mass is 1270 g/mol. The standard InChI is InChI=1S/C92H112BN3/c1-54-41-65-70(88(17,18)39-35-84(65,9)10)50-75(54)95-77-49-64-62(61-45-67-68(47-63(61)92(64,25)26)87(15,16)38-37-86(67,13)14)46-73(77)93-74-48-69-72(91(23,24)53-90(69,21)22)52-78(74)96(76-51-71-66(42-55(76)2)85(11,12)36-40-89(71,19)20)80-44-60(43-79(95)81(80)93)94(58-31-27-56(28-32-58)82(3,4)5)59-33-29-57(30-34-59)83(6,7)8/h27-34,41-52H,35-40,53H2,1-26H3. The van der Waals surface area contributed by atoms with Crippen LogP contribution >= 0.6 is 0 Å². The third-order valence-corrected chi connectivity index (χ3v) is 26.4. The van der Waals surface area contributed by atoms with E-state index < -0.39 is 0 Å². The molecule has 8 aromatic carbocycles. The number of anilines is 9. The molecule has 4 heteroatoms. The van der Waals surface area contributed by atoms with Crippen molar-refractivity contribution in [2.45, 2.75) is 285 Å². The largest absolute Gasteiger partial charge is 0.311 e. The van der Waals surface area contributed by atoms with Crippen LogP contribution in [-0.2, 0) is 59.6 Å². The fourth-order valence-corrected chi connectivity index (χ4v) is 19.9. The lowest BCUT2D eigenvalue weighted by atomic mass is 9.33. The lowest BCUT2D eigenvalue weighted by Crippen LogP contribution is -2.61. The van der Waals surface area contributed by atoms with Gasteiger partial charge in [0.15, 0.2) is 0 Å². The molecular weight excluding hydrogens is 1160 g/mol. The molecule has 0 radical (unpaired) electrons. The van der Waals surface area contributed by atoms with E-state index in [0.717, 1.165) is 36.3 Å². The minimum absolute atomic E-state index is 0.00830. The van der Waals surface area contributed by atoms with E-state index in [-0.39, 0.29) is 66.3 Å². The van der Waals surface area contributed by atoms with Crippen molar-refractivity contribution in [1.82, 2.24) is 0 Å². The number of hydrogen-bond acceptors (Lipinski definition) is 3. The molecule has 7 aliphatic rings. The third kappa shape index (κ3) is 9.58. The third-order valence-electron chi connectivity index (χ3n) is 26.4. The maximum atomic E-state index is 2.83. The summed E-state index contributed by atoms with van der Waals surface area (Å²) in [6.07, 6.45) is 8.10. The van der Waals surface area contributed by atoms with E-state index in [2.05, 4.69) is 316 Å². The van der Waals surface area contributed by atoms with Gasteiger partial charge in [-0.1, -0.05) is 221 Å². The van der Waals surface area contributed by atoms with E-state index in [0.29, 0.717) is 0 Å². The van der Waals surface area contributed by atoms with Crippen LogP contribution in [-0.4, -0.2) is 6.71 Å². The van der Waals surface area contributed by atoms with Crippen LogP contribution in [0, 0.1) is 13.8 Å². The van der Waals surface area contributed by atoms with Crippen molar-refractivity contribution < 1.29 is 0 Å². The van der Waals surface area contributed by atoms with Crippen molar-refractivity contribution in [2.75, 3.05) is 14.7 Å². The molecule has 96 heavy (non-hydrogen) atoms. The Morgan fingerprint density at radius 3 is 1.03 bits per heavy atom. The first-order chi connectivity index (χ1) is 44.3. The molecule has 0 amide bonds. The predicted molar refractivity (Wildman–Crippen MR) is 416 cm³/mol. The van der Waals surface area contributed by atoms with Gasteiger partial charge in [0.25, 0.3) is 6.71 Å². The van der Waals surface area contributed by atoms with E-state index in [1.807, 2.05) is 0 Å². The van der Waals surface area contributed by atoms with Crippen molar-refractivity contribution in [3.63, 3.8) is 0 Å². The topological polar surface area (TPSA) is 9.72 Å². The lowest BCUT2D eigenvalue weighted by molar-refractivity contribution is 0.331. The van der Waals surface area contributed by atoms with Crippen LogP contribution in [0.1, 0.15) is 289 Å². The smallest absolute Gasteiger partial charge is 0.252 e. The first kappa shape index (κ1) is 65.2. The molecule has 0 bridgehead atoms. The molecule has 0 N–H and O–H groups in total. The summed E-state index contributed by atoms with van der Waals surface area (Å²) >= 11 is 0. The van der Waals surface area contributed by atoms with Crippen LogP contribution in [0.15, 0.2) is 121 Å². The summed E-state index contributed by atoms with van der Waals surface area (Å²) in [6, 6.07) is 51.5. The van der Waals surface area contributed by atoms with E-state index in [4.69, 9.17) is 0 Å². The summed E-state index contributed by atoms with van der Waals surface area (Å²) < 4.78 is 0. The second kappa shape index (κ2) is 20.2. The number of rotatable bonds is 5. The quantitative estimate of drug-likeness (QED) is 0.159. The molecule has 0 fully saturated rings. The Balaban J connectivity index is 1.13. The number of nitrogens with zero attached hydrogens (tertiary/aromatic N) is 3. The highest BCUT2D eigenvalue weighted by Gasteiger charge is 2.52. The Hall–Kier alpha value is -6.78. The molecular formula is C92H112BN3. The van der Waals surface area contributed by atoms with E-state index in [9.17, 15) is 0 Å². The van der Waals surface area contributed by atoms with E-state index in [1.165, 1.54) is 160 Å². The van der Waals surface area contributed by atoms with Crippen LogP contribution in [0.25, 0.3) is 11.1 Å². The molecule has 15 rings (SSSR count). The van der Waals surface area contributed by atoms with E-state index >= 15 is 0 Å². The number of fused-ring (bicyclic) bond motifs is 11. The van der Waals surface area contributed by atoms with Crippen LogP contribution in [0.2, 0.25) is 0 Å². The van der Waals surface area contributed by atoms with E-state index in [1.54, 1.807) is 5.56 Å². The zero-order chi connectivity index (χ0) is 69.1. The molecule has 2 aliphatic heterocycles. The molecule has 498 valence electrons. The Morgan fingerprint density at radius 1 is 0.312 bits per heavy atom. The summed E-state index contributed by atoms with van der Waals surface area (Å²) in [5.74, 6) is 0. The first-order valence-electron chi connectivity index (χ1n) is 37.0. The van der Waals surface area contributed by atoms with Gasteiger partial charge in [-0.2, -0.15) is 0 Å². The van der Waals surface area contributed by atoms with Crippen LogP contribution in [0.4, 0.5) is 51.2 Å². The molecule has 0 unspecified atom stereocenters. The van der Waals surface area contributed by atoms with Crippen LogP contribution < -0.4 is 31.1 Å². The average molecular weight is 1270 g/mol. The molecule has 5 aliphatic carbocycles. The maximum absolute atomic E-state index is 2.83. The molecule has 3 nitrogen and oxygen atoms in total. The predicted octanol–water partition coefficient (Wildman–Crippen LogP) is 23.8. The number of aryl methyl sites for hydroxylation is 2. The second-order valence-electron chi connectivity index (χ2n) is 39.5. The average Bonchev–Trinajstić information content (AvgIpc) is 1.11. The van der Waals surface area contributed by atoms with Gasteiger partial charge in [-0.3, -0.25) is 0 Å². The summed E-state index contributed by atoms with van der Waals surface area (Å²) in [5.41, 5.74) is 38.4. The van der Waals surface area contributed by atoms with Crippen molar-refractivity contribution in [3.05, 3.63) is 199 Å². The fraction of sp³-hybridized carbons (Fsp3) is 0.478. The van der Waals surface area contributed by atoms with Crippen molar-refractivity contribution in [2.24, 2.45) is 0 Å². The second-order valence-corrected chi connectivity index (χ2v) is 39.5. The minimum Gasteiger partial charge on any atom is -0.311 e. The minimum atomic E-state index is -0.262. The molecule has 0 saturated carbocycles. The molecule has 2 heterocycles. The molecule has 0 aromatic heterocycles. The Labute approximate surface area is 580 Å². The maximum Gasteiger partial charge on any atom is 0.252 e. The van der Waals surface area contributed by atoms with Crippen LogP contribution in [0.3, 0.4) is 0 Å². The van der Waals surface area contributed by atoms with Crippen LogP contribution in [0.5, 0.6) is 0 Å². The van der Waals surface area contributed by atoms with Gasteiger partial charge >= 0.3 is 0 Å². The molecule has 0 saturated heterocycles. The Bertz CT molecular complexity index is 4570. The van der Waals surface area contributed by atoms with Crippen molar-refractivity contribution in [1.29, 1.82) is 0 Å². The zero-order valence-corrected chi connectivity index (χ0v) is 63.9. The molecule has 8 aromatic rings. The highest BCUT2D eigenvalue weighted by Crippen LogP contribution is 2.60. The fourth-order valence-electron chi connectivity index (χ4n) is 19.9. The summed E-state index contributed by atoms with van der Waals surface area (Å²) in [4.78, 5) is 8.25. The highest BCUT2D eigenvalue weighted by atomic mass is 15.2. The number of hydrogen-bond donors (Lipinski definition) is 0. The summed E-state index contributed by atoms with van der Waals surface area (Å²) in [7, 11) is 0. The van der Waals surface area contributed by atoms with Gasteiger partial charge in [0.05, 0.1) is 5.69 Å². The SMILES string of the molecule is Cc1cc2c(cc1N1c3cc4c(cc3B3c5cc6c(cc5N(c5cc7c(cc5C)C(C)(C)CCC7(C)C)c5cc(N(c7ccc(C(C)(C)C)cc7)c7ccc(C(C)(C)C)cc7)cc1c53)C(C)(C)c1cc3c(cc1-6)C(C)(C)CCC3(C)C)C(C)(C)CC4(C)C)C(C)(C)CCC2(C)C. The van der Waals surface area contributed by atoms with Gasteiger partial charge < -0.3 is 14.7 Å². The van der Waals surface area contributed by atoms with Crippen molar-refractivity contribution in [3.8, 4) is 11.1 Å². The van der Waals surface area contributed by atoms with Gasteiger partial charge in [-0.05, 0) is 285 Å². The number of benzene rings is 8. The van der Waals surface area contributed by atoms with Gasteiger partial charge in [-0.25, -0.2) is 0 Å². The highest BCUT2D eigenvalue weighted by molar-refractivity contribution is 7.00. The van der Waals surface area contributed by atoms with Gasteiger partial charge in [0.1, 0.15) is 0 Å². The Morgan fingerprint density at radius 2 is 0.625 bits per heavy atom. The molecule has 0 spiro atoms. The Kier molecular flexibility index (Phi) is 13.7. The van der Waals surface area contributed by atoms with Gasteiger partial charge in [0.2, 0.25) is 0 Å². The summed E-state index contributed by atoms with van der Waals surface area (Å²) in [6.45, 7) is 64.1.